The SMILES string of the molecule is NC(N)=NCCC[C@@H]1NC(=O)C[C@H]2NC(=O)[C@H](CNC(=O)[C@H](CC(=O)O)NC(=O)CNC1=O)N(Cc1ccccc1)C2=O. The first-order chi connectivity index (χ1) is 20.4. The maximum Gasteiger partial charge on any atom is 0.305 e. The van der Waals surface area contributed by atoms with E-state index >= 15 is 0 Å². The van der Waals surface area contributed by atoms with Gasteiger partial charge in [-0.25, -0.2) is 0 Å². The molecule has 10 N–H and O–H groups in total. The molecule has 4 rings (SSSR count). The molecule has 3 aliphatic rings. The van der Waals surface area contributed by atoms with Crippen LogP contribution in [0.1, 0.15) is 31.2 Å². The molecule has 6 amide bonds. The van der Waals surface area contributed by atoms with E-state index in [2.05, 4.69) is 31.6 Å². The van der Waals surface area contributed by atoms with E-state index < -0.39 is 91.5 Å². The van der Waals surface area contributed by atoms with Crippen LogP contribution in [0.25, 0.3) is 0 Å². The van der Waals surface area contributed by atoms with Gasteiger partial charge >= 0.3 is 5.97 Å². The summed E-state index contributed by atoms with van der Waals surface area (Å²) in [5.74, 6) is -6.09. The second-order valence-corrected chi connectivity index (χ2v) is 9.98. The van der Waals surface area contributed by atoms with Crippen LogP contribution < -0.4 is 38.1 Å². The minimum absolute atomic E-state index is 0.0309. The van der Waals surface area contributed by atoms with Gasteiger partial charge in [-0.05, 0) is 18.4 Å². The van der Waals surface area contributed by atoms with E-state index in [9.17, 15) is 38.7 Å². The second kappa shape index (κ2) is 15.1. The average molecular weight is 602 g/mol. The normalized spacial score (nSPS) is 23.7. The molecule has 1 aromatic carbocycles. The molecule has 43 heavy (non-hydrogen) atoms. The molecule has 4 atom stereocenters. The Kier molecular flexibility index (Phi) is 11.4. The second-order valence-electron chi connectivity index (χ2n) is 9.98. The van der Waals surface area contributed by atoms with Gasteiger partial charge in [0, 0.05) is 19.6 Å². The Morgan fingerprint density at radius 2 is 1.58 bits per heavy atom. The monoisotopic (exact) mass is 601 g/mol. The molecule has 17 heteroatoms. The number of carbonyl (C=O) groups is 7. The molecule has 0 aromatic heterocycles. The number of rotatable bonds is 8. The highest BCUT2D eigenvalue weighted by molar-refractivity contribution is 6.00. The lowest BCUT2D eigenvalue weighted by Gasteiger charge is -2.39. The summed E-state index contributed by atoms with van der Waals surface area (Å²) in [6, 6.07) is 3.51. The summed E-state index contributed by atoms with van der Waals surface area (Å²) < 4.78 is 0. The highest BCUT2D eigenvalue weighted by atomic mass is 16.4. The van der Waals surface area contributed by atoms with Crippen LogP contribution in [-0.2, 0) is 40.1 Å². The number of carbonyl (C=O) groups excluding carboxylic acids is 6. The van der Waals surface area contributed by atoms with Crippen LogP contribution in [0, 0.1) is 0 Å². The van der Waals surface area contributed by atoms with Gasteiger partial charge in [0.05, 0.1) is 19.4 Å². The van der Waals surface area contributed by atoms with Crippen LogP contribution in [-0.4, -0.2) is 101 Å². The van der Waals surface area contributed by atoms with E-state index in [4.69, 9.17) is 11.5 Å². The maximum atomic E-state index is 13.6. The van der Waals surface area contributed by atoms with Gasteiger partial charge in [0.2, 0.25) is 35.4 Å². The molecule has 0 radical (unpaired) electrons. The molecule has 17 nitrogen and oxygen atoms in total. The number of aliphatic carboxylic acids is 1. The molecule has 0 spiro atoms. The van der Waals surface area contributed by atoms with Crippen molar-refractivity contribution >= 4 is 47.4 Å². The third kappa shape index (κ3) is 9.68. The number of nitrogens with one attached hydrogen (secondary N) is 5. The van der Waals surface area contributed by atoms with Gasteiger partial charge in [-0.1, -0.05) is 30.3 Å². The summed E-state index contributed by atoms with van der Waals surface area (Å²) in [7, 11) is 0. The fourth-order valence-corrected chi connectivity index (χ4v) is 4.59. The molecule has 3 heterocycles. The van der Waals surface area contributed by atoms with Crippen LogP contribution in [0.2, 0.25) is 0 Å². The Morgan fingerprint density at radius 1 is 0.907 bits per heavy atom. The standard InChI is InChI=1S/C26H35N9O8/c27-26(28)29-8-4-7-15-22(40)31-12-20(37)33-16(10-21(38)39)23(41)30-11-18-24(42)34-17(9-19(36)32-15)25(43)35(18)13-14-5-2-1-3-6-14/h1-3,5-6,15-18H,4,7-13H2,(H,30,41)(H,31,40)(H,32,36)(H,33,37)(H,34,42)(H,38,39)(H4,27,28,29)/t15-,16-,17+,18-/m0/s1. The van der Waals surface area contributed by atoms with E-state index in [1.165, 1.54) is 4.90 Å². The van der Waals surface area contributed by atoms with Crippen LogP contribution in [0.3, 0.4) is 0 Å². The number of carboxylic acid groups (broad SMARTS) is 1. The quantitative estimate of drug-likeness (QED) is 0.0619. The summed E-state index contributed by atoms with van der Waals surface area (Å²) in [5, 5.41) is 21.4. The Balaban J connectivity index is 1.92. The van der Waals surface area contributed by atoms with E-state index in [0.717, 1.165) is 0 Å². The Labute approximate surface area is 246 Å². The van der Waals surface area contributed by atoms with Crippen LogP contribution in [0.15, 0.2) is 35.3 Å². The summed E-state index contributed by atoms with van der Waals surface area (Å²) in [4.78, 5) is 94.6. The number of guanidine groups is 1. The fourth-order valence-electron chi connectivity index (χ4n) is 4.59. The predicted octanol–water partition coefficient (Wildman–Crippen LogP) is -3.98. The number of piperazine rings is 1. The first kappa shape index (κ1) is 32.3. The third-order valence-electron chi connectivity index (χ3n) is 6.68. The Hall–Kier alpha value is -5.22. The number of carboxylic acids is 1. The van der Waals surface area contributed by atoms with Crippen LogP contribution in [0.5, 0.6) is 0 Å². The van der Waals surface area contributed by atoms with Gasteiger partial charge in [0.25, 0.3) is 0 Å². The molecule has 3 saturated heterocycles. The summed E-state index contributed by atoms with van der Waals surface area (Å²) in [6.07, 6.45) is -0.976. The van der Waals surface area contributed by atoms with Crippen molar-refractivity contribution in [3.63, 3.8) is 0 Å². The minimum Gasteiger partial charge on any atom is -0.481 e. The first-order valence-corrected chi connectivity index (χ1v) is 13.5. The van der Waals surface area contributed by atoms with Gasteiger partial charge < -0.3 is 48.1 Å². The molecule has 2 bridgehead atoms. The Bertz CT molecular complexity index is 1270. The lowest BCUT2D eigenvalue weighted by atomic mass is 10.0. The smallest absolute Gasteiger partial charge is 0.305 e. The van der Waals surface area contributed by atoms with Crippen molar-refractivity contribution in [3.8, 4) is 0 Å². The highest BCUT2D eigenvalue weighted by Gasteiger charge is 2.42. The highest BCUT2D eigenvalue weighted by Crippen LogP contribution is 2.17. The van der Waals surface area contributed by atoms with Crippen molar-refractivity contribution in [2.75, 3.05) is 19.6 Å². The molecule has 3 aliphatic heterocycles. The molecule has 232 valence electrons. The van der Waals surface area contributed by atoms with Crippen molar-refractivity contribution in [1.29, 1.82) is 0 Å². The van der Waals surface area contributed by atoms with Gasteiger partial charge in [0.1, 0.15) is 24.2 Å². The van der Waals surface area contributed by atoms with Gasteiger partial charge in [0.15, 0.2) is 5.96 Å². The zero-order valence-corrected chi connectivity index (χ0v) is 23.2. The van der Waals surface area contributed by atoms with Crippen LogP contribution in [0.4, 0.5) is 0 Å². The van der Waals surface area contributed by atoms with E-state index in [1.54, 1.807) is 30.3 Å². The molecule has 3 fully saturated rings. The fraction of sp³-hybridized carbons (Fsp3) is 0.462. The number of nitrogens with zero attached hydrogens (tertiary/aromatic N) is 2. The van der Waals surface area contributed by atoms with Gasteiger partial charge in [-0.2, -0.15) is 0 Å². The van der Waals surface area contributed by atoms with Gasteiger partial charge in [-0.3, -0.25) is 38.6 Å². The van der Waals surface area contributed by atoms with E-state index in [-0.39, 0.29) is 31.9 Å². The number of fused-ring (bicyclic) bond motifs is 14. The topological polar surface area (TPSA) is 268 Å². The molecular weight excluding hydrogens is 566 g/mol. The number of hydrogen-bond acceptors (Lipinski definition) is 8. The average Bonchev–Trinajstić information content (AvgIpc) is 2.95. The largest absolute Gasteiger partial charge is 0.481 e. The number of amides is 6. The van der Waals surface area contributed by atoms with E-state index in [1.807, 2.05) is 0 Å². The summed E-state index contributed by atoms with van der Waals surface area (Å²) in [5.41, 5.74) is 11.3. The number of nitrogens with two attached hydrogens (primary N) is 2. The van der Waals surface area contributed by atoms with Crippen molar-refractivity contribution < 1.29 is 38.7 Å². The number of benzene rings is 1. The molecule has 0 saturated carbocycles. The third-order valence-corrected chi connectivity index (χ3v) is 6.68. The predicted molar refractivity (Wildman–Crippen MR) is 149 cm³/mol. The molecule has 0 unspecified atom stereocenters. The van der Waals surface area contributed by atoms with Gasteiger partial charge in [-0.15, -0.1) is 0 Å². The zero-order chi connectivity index (χ0) is 31.5. The van der Waals surface area contributed by atoms with Crippen LogP contribution >= 0.6 is 0 Å². The first-order valence-electron chi connectivity index (χ1n) is 13.5. The number of aliphatic imine (C=N–C) groups is 1. The van der Waals surface area contributed by atoms with Crippen molar-refractivity contribution in [2.24, 2.45) is 16.5 Å². The lowest BCUT2D eigenvalue weighted by molar-refractivity contribution is -0.151. The maximum absolute atomic E-state index is 13.6. The lowest BCUT2D eigenvalue weighted by Crippen LogP contribution is -2.66. The van der Waals surface area contributed by atoms with Crippen molar-refractivity contribution in [3.05, 3.63) is 35.9 Å². The van der Waals surface area contributed by atoms with E-state index in [0.29, 0.717) is 5.56 Å². The van der Waals surface area contributed by atoms with Crippen molar-refractivity contribution in [2.45, 2.75) is 56.4 Å². The van der Waals surface area contributed by atoms with Crippen molar-refractivity contribution in [1.82, 2.24) is 31.5 Å². The number of hydrogen-bond donors (Lipinski definition) is 8. The summed E-state index contributed by atoms with van der Waals surface area (Å²) in [6.45, 7) is -0.918. The molecule has 1 aromatic rings. The molecule has 0 aliphatic carbocycles. The minimum atomic E-state index is -1.55. The Morgan fingerprint density at radius 3 is 2.26 bits per heavy atom. The summed E-state index contributed by atoms with van der Waals surface area (Å²) >= 11 is 0. The molecular formula is C26H35N9O8. The zero-order valence-electron chi connectivity index (χ0n) is 23.2.